The van der Waals surface area contributed by atoms with Crippen LogP contribution in [0.3, 0.4) is 0 Å². The lowest BCUT2D eigenvalue weighted by atomic mass is 9.90. The first kappa shape index (κ1) is 9.72. The number of carbonyl (C=O) groups excluding carboxylic acids is 1. The van der Waals surface area contributed by atoms with Crippen LogP contribution >= 0.6 is 0 Å². The van der Waals surface area contributed by atoms with Crippen molar-refractivity contribution in [2.75, 3.05) is 0 Å². The molecule has 0 aromatic rings. The Morgan fingerprint density at radius 3 is 2.17 bits per heavy atom. The van der Waals surface area contributed by atoms with Gasteiger partial charge in [-0.1, -0.05) is 25.7 Å². The molecule has 2 heteroatoms. The van der Waals surface area contributed by atoms with Crippen LogP contribution in [0.4, 0.5) is 0 Å². The van der Waals surface area contributed by atoms with Crippen LogP contribution in [0.1, 0.15) is 45.4 Å². The summed E-state index contributed by atoms with van der Waals surface area (Å²) < 4.78 is 0. The molecule has 0 bridgehead atoms. The van der Waals surface area contributed by atoms with Gasteiger partial charge in [0.1, 0.15) is 5.78 Å². The molecule has 1 aliphatic rings. The Labute approximate surface area is 74.5 Å². The van der Waals surface area contributed by atoms with Gasteiger partial charge >= 0.3 is 0 Å². The predicted molar refractivity (Wildman–Crippen MR) is 49.8 cm³/mol. The molecule has 1 aliphatic carbocycles. The third kappa shape index (κ3) is 2.59. The van der Waals surface area contributed by atoms with Gasteiger partial charge in [0.25, 0.3) is 0 Å². The van der Waals surface area contributed by atoms with Gasteiger partial charge in [0.05, 0.1) is 6.04 Å². The van der Waals surface area contributed by atoms with Crippen LogP contribution in [0, 0.1) is 5.92 Å². The Kier molecular flexibility index (Phi) is 3.73. The van der Waals surface area contributed by atoms with Crippen molar-refractivity contribution in [3.05, 3.63) is 0 Å². The first-order chi connectivity index (χ1) is 5.72. The summed E-state index contributed by atoms with van der Waals surface area (Å²) in [4.78, 5) is 11.0. The van der Waals surface area contributed by atoms with Crippen LogP contribution in [0.2, 0.25) is 0 Å². The van der Waals surface area contributed by atoms with E-state index in [9.17, 15) is 4.79 Å². The number of hydrogen-bond donors (Lipinski definition) is 1. The zero-order chi connectivity index (χ0) is 8.97. The van der Waals surface area contributed by atoms with Gasteiger partial charge < -0.3 is 5.73 Å². The summed E-state index contributed by atoms with van der Waals surface area (Å²) in [6, 6.07) is -0.192. The predicted octanol–water partition coefficient (Wildman–Crippen LogP) is 1.87. The highest BCUT2D eigenvalue weighted by molar-refractivity contribution is 5.81. The number of nitrogens with two attached hydrogens (primary N) is 1. The molecule has 2 nitrogen and oxygen atoms in total. The molecule has 12 heavy (non-hydrogen) atoms. The van der Waals surface area contributed by atoms with Gasteiger partial charge in [-0.3, -0.25) is 4.79 Å². The van der Waals surface area contributed by atoms with E-state index in [1.54, 1.807) is 6.92 Å². The first-order valence-corrected chi connectivity index (χ1v) is 4.98. The quantitative estimate of drug-likeness (QED) is 0.641. The second kappa shape index (κ2) is 4.61. The summed E-state index contributed by atoms with van der Waals surface area (Å²) in [5.74, 6) is 0.617. The average molecular weight is 169 g/mol. The van der Waals surface area contributed by atoms with Crippen molar-refractivity contribution < 1.29 is 4.79 Å². The van der Waals surface area contributed by atoms with Gasteiger partial charge in [-0.25, -0.2) is 0 Å². The van der Waals surface area contributed by atoms with Crippen molar-refractivity contribution in [2.24, 2.45) is 11.7 Å². The summed E-state index contributed by atoms with van der Waals surface area (Å²) in [7, 11) is 0. The van der Waals surface area contributed by atoms with E-state index < -0.39 is 0 Å². The third-order valence-corrected chi connectivity index (χ3v) is 2.88. The fourth-order valence-electron chi connectivity index (χ4n) is 2.00. The lowest BCUT2D eigenvalue weighted by molar-refractivity contribution is -0.119. The van der Waals surface area contributed by atoms with E-state index in [4.69, 9.17) is 5.73 Å². The summed E-state index contributed by atoms with van der Waals surface area (Å²) in [5.41, 5.74) is 5.81. The summed E-state index contributed by atoms with van der Waals surface area (Å²) in [6.45, 7) is 1.61. The minimum absolute atomic E-state index is 0.155. The van der Waals surface area contributed by atoms with Crippen LogP contribution in [0.5, 0.6) is 0 Å². The van der Waals surface area contributed by atoms with Crippen molar-refractivity contribution >= 4 is 5.78 Å². The lowest BCUT2D eigenvalue weighted by Gasteiger charge is -2.19. The molecule has 0 radical (unpaired) electrons. The molecule has 0 aromatic carbocycles. The summed E-state index contributed by atoms with van der Waals surface area (Å²) in [5, 5.41) is 0. The Bertz CT molecular complexity index is 148. The number of rotatable bonds is 2. The average Bonchev–Trinajstić information content (AvgIpc) is 2.30. The smallest absolute Gasteiger partial charge is 0.146 e. The normalized spacial score (nSPS) is 23.2. The highest BCUT2D eigenvalue weighted by Gasteiger charge is 2.22. The number of carbonyl (C=O) groups is 1. The molecule has 0 aromatic heterocycles. The molecule has 0 saturated heterocycles. The van der Waals surface area contributed by atoms with E-state index in [-0.39, 0.29) is 11.8 Å². The van der Waals surface area contributed by atoms with Crippen molar-refractivity contribution in [2.45, 2.75) is 51.5 Å². The maximum Gasteiger partial charge on any atom is 0.146 e. The van der Waals surface area contributed by atoms with Crippen molar-refractivity contribution in [1.82, 2.24) is 0 Å². The van der Waals surface area contributed by atoms with Gasteiger partial charge in [0, 0.05) is 0 Å². The second-order valence-electron chi connectivity index (χ2n) is 3.89. The van der Waals surface area contributed by atoms with Crippen LogP contribution in [-0.4, -0.2) is 11.8 Å². The van der Waals surface area contributed by atoms with Crippen LogP contribution < -0.4 is 5.73 Å². The zero-order valence-electron chi connectivity index (χ0n) is 7.88. The van der Waals surface area contributed by atoms with E-state index in [2.05, 4.69) is 0 Å². The molecule has 1 atom stereocenters. The molecule has 1 fully saturated rings. The van der Waals surface area contributed by atoms with Crippen LogP contribution in [-0.2, 0) is 4.79 Å². The van der Waals surface area contributed by atoms with E-state index in [0.717, 1.165) is 12.8 Å². The molecule has 2 N–H and O–H groups in total. The van der Waals surface area contributed by atoms with Crippen LogP contribution in [0.15, 0.2) is 0 Å². The molecule has 0 amide bonds. The van der Waals surface area contributed by atoms with Gasteiger partial charge in [-0.05, 0) is 25.7 Å². The standard InChI is InChI=1S/C10H19NO/c1-8(12)10(11)9-6-4-2-3-5-7-9/h9-10H,2-7,11H2,1H3/t10-/m0/s1. The Morgan fingerprint density at radius 1 is 1.25 bits per heavy atom. The van der Waals surface area contributed by atoms with Crippen LogP contribution in [0.25, 0.3) is 0 Å². The highest BCUT2D eigenvalue weighted by atomic mass is 16.1. The highest BCUT2D eigenvalue weighted by Crippen LogP contribution is 2.24. The SMILES string of the molecule is CC(=O)[C@H](N)C1CCCCCC1. The molecule has 0 unspecified atom stereocenters. The van der Waals surface area contributed by atoms with Crippen molar-refractivity contribution in [3.63, 3.8) is 0 Å². The van der Waals surface area contributed by atoms with E-state index >= 15 is 0 Å². The lowest BCUT2D eigenvalue weighted by Crippen LogP contribution is -2.36. The molecule has 1 saturated carbocycles. The van der Waals surface area contributed by atoms with E-state index in [1.807, 2.05) is 0 Å². The Balaban J connectivity index is 2.42. The third-order valence-electron chi connectivity index (χ3n) is 2.88. The zero-order valence-corrected chi connectivity index (χ0v) is 7.88. The fraction of sp³-hybridized carbons (Fsp3) is 0.900. The molecule has 0 heterocycles. The van der Waals surface area contributed by atoms with Gasteiger partial charge in [0.2, 0.25) is 0 Å². The topological polar surface area (TPSA) is 43.1 Å². The minimum Gasteiger partial charge on any atom is -0.321 e. The van der Waals surface area contributed by atoms with Gasteiger partial charge in [-0.15, -0.1) is 0 Å². The Morgan fingerprint density at radius 2 is 1.75 bits per heavy atom. The van der Waals surface area contributed by atoms with Crippen molar-refractivity contribution in [1.29, 1.82) is 0 Å². The summed E-state index contributed by atoms with van der Waals surface area (Å²) in [6.07, 6.45) is 7.46. The molecular weight excluding hydrogens is 150 g/mol. The fourth-order valence-corrected chi connectivity index (χ4v) is 2.00. The minimum atomic E-state index is -0.192. The molecule has 0 spiro atoms. The molecule has 70 valence electrons. The maximum atomic E-state index is 11.0. The maximum absolute atomic E-state index is 11.0. The largest absolute Gasteiger partial charge is 0.321 e. The molecular formula is C10H19NO. The van der Waals surface area contributed by atoms with Gasteiger partial charge in [-0.2, -0.15) is 0 Å². The monoisotopic (exact) mass is 169 g/mol. The molecule has 1 rings (SSSR count). The second-order valence-corrected chi connectivity index (χ2v) is 3.89. The van der Waals surface area contributed by atoms with E-state index in [1.165, 1.54) is 25.7 Å². The first-order valence-electron chi connectivity index (χ1n) is 4.98. The Hall–Kier alpha value is -0.370. The number of ketones is 1. The van der Waals surface area contributed by atoms with E-state index in [0.29, 0.717) is 5.92 Å². The summed E-state index contributed by atoms with van der Waals surface area (Å²) >= 11 is 0. The van der Waals surface area contributed by atoms with Crippen molar-refractivity contribution in [3.8, 4) is 0 Å². The van der Waals surface area contributed by atoms with Gasteiger partial charge in [0.15, 0.2) is 0 Å². The number of hydrogen-bond acceptors (Lipinski definition) is 2. The number of Topliss-reactive ketones (excluding diaryl/α,β-unsaturated/α-hetero) is 1. The molecule has 0 aliphatic heterocycles.